The van der Waals surface area contributed by atoms with Gasteiger partial charge in [-0.1, -0.05) is 12.2 Å². The van der Waals surface area contributed by atoms with Gasteiger partial charge in [-0.15, -0.1) is 13.2 Å². The van der Waals surface area contributed by atoms with Crippen LogP contribution in [0.5, 0.6) is 0 Å². The summed E-state index contributed by atoms with van der Waals surface area (Å²) in [6, 6.07) is 0. The summed E-state index contributed by atoms with van der Waals surface area (Å²) in [6.45, 7) is 11.1. The second kappa shape index (κ2) is 16.0. The van der Waals surface area contributed by atoms with Crippen LogP contribution in [0.3, 0.4) is 0 Å². The summed E-state index contributed by atoms with van der Waals surface area (Å²) >= 11 is 0. The van der Waals surface area contributed by atoms with Crippen molar-refractivity contribution in [1.29, 1.82) is 0 Å². The smallest absolute Gasteiger partial charge is 0.313 e. The van der Waals surface area contributed by atoms with E-state index in [9.17, 15) is 0 Å². The van der Waals surface area contributed by atoms with Gasteiger partial charge in [0.25, 0.3) is 0 Å². The van der Waals surface area contributed by atoms with E-state index in [1.807, 2.05) is 12.2 Å². The van der Waals surface area contributed by atoms with E-state index in [1.165, 1.54) is 0 Å². The molecule has 0 rings (SSSR count). The Hall–Kier alpha value is -0.380. The van der Waals surface area contributed by atoms with Gasteiger partial charge < -0.3 is 40.0 Å². The highest BCUT2D eigenvalue weighted by molar-refractivity contribution is 7.45. The number of hydrogen-bond donors (Lipinski definition) is 8. The third-order valence-corrected chi connectivity index (χ3v) is 1.28. The van der Waals surface area contributed by atoms with Crippen LogP contribution in [0.15, 0.2) is 25.3 Å². The molecule has 0 aromatic heterocycles. The zero-order valence-corrected chi connectivity index (χ0v) is 13.3. The molecule has 0 aromatic carbocycles. The first kappa shape index (κ1) is 25.6. The normalized spacial score (nSPS) is 10.6. The largest absolute Gasteiger partial charge is 0.466 e. The van der Waals surface area contributed by atoms with Gasteiger partial charge in [-0.25, -0.2) is 9.13 Å². The van der Waals surface area contributed by atoms with Gasteiger partial charge in [0.1, 0.15) is 0 Å². The maximum Gasteiger partial charge on any atom is 0.466 e. The van der Waals surface area contributed by atoms with Crippen LogP contribution in [0.1, 0.15) is 6.42 Å². The predicted octanol–water partition coefficient (Wildman–Crippen LogP) is -0.929. The molecule has 0 saturated heterocycles. The summed E-state index contributed by atoms with van der Waals surface area (Å²) in [4.78, 5) is 43.1. The van der Waals surface area contributed by atoms with Crippen molar-refractivity contribution in [2.24, 2.45) is 0 Å². The molecule has 0 heterocycles. The van der Waals surface area contributed by atoms with Crippen molar-refractivity contribution in [3.63, 3.8) is 0 Å². The maximum atomic E-state index is 8.88. The Kier molecular flexibility index (Phi) is 19.5. The molecule has 0 bridgehead atoms. The van der Waals surface area contributed by atoms with Crippen molar-refractivity contribution in [3.8, 4) is 0 Å². The first-order valence-electron chi connectivity index (χ1n) is 5.61. The minimum atomic E-state index is -4.64. The Labute approximate surface area is 123 Å². The lowest BCUT2D eigenvalue weighted by Gasteiger charge is -2.01. The van der Waals surface area contributed by atoms with E-state index in [0.717, 1.165) is 32.6 Å². The molecule has 8 N–H and O–H groups in total. The minimum Gasteiger partial charge on any atom is -0.313 e. The number of rotatable bonds is 8. The molecule has 21 heavy (non-hydrogen) atoms. The van der Waals surface area contributed by atoms with Crippen molar-refractivity contribution in [2.75, 3.05) is 26.2 Å². The molecule has 0 radical (unpaired) electrons. The van der Waals surface area contributed by atoms with E-state index in [-0.39, 0.29) is 0 Å². The third-order valence-electron chi connectivity index (χ3n) is 1.28. The lowest BCUT2D eigenvalue weighted by molar-refractivity contribution is 0.272. The topological polar surface area (TPSA) is 180 Å². The van der Waals surface area contributed by atoms with Gasteiger partial charge >= 0.3 is 15.6 Å². The van der Waals surface area contributed by atoms with Crippen molar-refractivity contribution < 1.29 is 38.5 Å². The molecule has 0 aliphatic carbocycles. The average molecular weight is 350 g/mol. The van der Waals surface area contributed by atoms with Gasteiger partial charge in [-0.3, -0.25) is 0 Å². The van der Waals surface area contributed by atoms with E-state index in [1.54, 1.807) is 0 Å². The van der Waals surface area contributed by atoms with Crippen LogP contribution in [-0.2, 0) is 9.13 Å². The van der Waals surface area contributed by atoms with Crippen LogP contribution in [0.25, 0.3) is 0 Å². The summed E-state index contributed by atoms with van der Waals surface area (Å²) in [5, 5.41) is 6.46. The number of hydrogen-bond acceptors (Lipinski definition) is 4. The second-order valence-corrected chi connectivity index (χ2v) is 5.42. The van der Waals surface area contributed by atoms with Crippen LogP contribution in [0, 0.1) is 0 Å². The Morgan fingerprint density at radius 3 is 1.19 bits per heavy atom. The first-order chi connectivity index (χ1) is 9.41. The predicted molar refractivity (Wildman–Crippen MR) is 79.3 cm³/mol. The molecular weight excluding hydrogens is 326 g/mol. The minimum absolute atomic E-state index is 0.904. The van der Waals surface area contributed by atoms with E-state index >= 15 is 0 Å². The zero-order valence-electron chi connectivity index (χ0n) is 11.5. The number of phosphoric acid groups is 2. The fourth-order valence-corrected chi connectivity index (χ4v) is 0.747. The zero-order chi connectivity index (χ0) is 17.4. The molecule has 0 fully saturated rings. The van der Waals surface area contributed by atoms with E-state index in [2.05, 4.69) is 23.8 Å². The van der Waals surface area contributed by atoms with Crippen molar-refractivity contribution in [3.05, 3.63) is 25.3 Å². The summed E-state index contributed by atoms with van der Waals surface area (Å²) < 4.78 is 17.8. The molecule has 0 aromatic rings. The monoisotopic (exact) mass is 350 g/mol. The first-order valence-corrected chi connectivity index (χ1v) is 8.74. The van der Waals surface area contributed by atoms with Gasteiger partial charge in [0.2, 0.25) is 0 Å². The van der Waals surface area contributed by atoms with Crippen LogP contribution in [0.2, 0.25) is 0 Å². The highest BCUT2D eigenvalue weighted by Gasteiger charge is 2.00. The lowest BCUT2D eigenvalue weighted by atomic mass is 10.4. The van der Waals surface area contributed by atoms with Gasteiger partial charge in [0.05, 0.1) is 0 Å². The highest BCUT2D eigenvalue weighted by atomic mass is 31.2. The second-order valence-electron chi connectivity index (χ2n) is 3.37. The standard InChI is InChI=1S/C9H18N2.2H3O4P/c1-3-6-10-8-5-9-11-7-4-2;2*1-5(2,3)4/h3-4,10-11H,1-2,5-9H2;2*(H3,1,2,3,4). The van der Waals surface area contributed by atoms with Gasteiger partial charge in [-0.2, -0.15) is 0 Å². The fraction of sp³-hybridized carbons (Fsp3) is 0.556. The fourth-order valence-electron chi connectivity index (χ4n) is 0.747. The Bertz CT molecular complexity index is 292. The molecule has 12 heteroatoms. The quantitative estimate of drug-likeness (QED) is 0.155. The summed E-state index contributed by atoms with van der Waals surface area (Å²) in [7, 11) is -9.28. The SMILES string of the molecule is C=CCNCCCNCC=C.O=P(O)(O)O.O=P(O)(O)O. The van der Waals surface area contributed by atoms with Gasteiger partial charge in [0, 0.05) is 13.1 Å². The number of nitrogens with one attached hydrogen (secondary N) is 2. The average Bonchev–Trinajstić information content (AvgIpc) is 2.23. The van der Waals surface area contributed by atoms with Crippen LogP contribution in [-0.4, -0.2) is 55.5 Å². The molecule has 0 aliphatic rings. The lowest BCUT2D eigenvalue weighted by Crippen LogP contribution is -2.21. The molecule has 0 saturated carbocycles. The third kappa shape index (κ3) is 105. The maximum absolute atomic E-state index is 8.88. The molecule has 0 aliphatic heterocycles. The molecule has 0 spiro atoms. The van der Waals surface area contributed by atoms with Crippen LogP contribution in [0.4, 0.5) is 0 Å². The molecule has 0 atom stereocenters. The summed E-state index contributed by atoms with van der Waals surface area (Å²) in [5.41, 5.74) is 0. The Morgan fingerprint density at radius 2 is 1.00 bits per heavy atom. The Morgan fingerprint density at radius 1 is 0.762 bits per heavy atom. The molecule has 10 nitrogen and oxygen atoms in total. The van der Waals surface area contributed by atoms with E-state index in [4.69, 9.17) is 38.5 Å². The van der Waals surface area contributed by atoms with Gasteiger partial charge in [-0.05, 0) is 19.5 Å². The molecular formula is C9H24N2O8P2. The van der Waals surface area contributed by atoms with E-state index < -0.39 is 15.6 Å². The Balaban J connectivity index is -0.000000270. The van der Waals surface area contributed by atoms with Gasteiger partial charge in [0.15, 0.2) is 0 Å². The van der Waals surface area contributed by atoms with Crippen LogP contribution >= 0.6 is 15.6 Å². The van der Waals surface area contributed by atoms with Crippen molar-refractivity contribution >= 4 is 15.6 Å². The highest BCUT2D eigenvalue weighted by Crippen LogP contribution is 2.26. The van der Waals surface area contributed by atoms with E-state index in [0.29, 0.717) is 0 Å². The molecule has 0 unspecified atom stereocenters. The van der Waals surface area contributed by atoms with Crippen molar-refractivity contribution in [2.45, 2.75) is 6.42 Å². The molecule has 128 valence electrons. The summed E-state index contributed by atoms with van der Waals surface area (Å²) in [5.74, 6) is 0. The van der Waals surface area contributed by atoms with Crippen LogP contribution < -0.4 is 10.6 Å². The summed E-state index contributed by atoms with van der Waals surface area (Å²) in [6.07, 6.45) is 4.90. The van der Waals surface area contributed by atoms with Crippen molar-refractivity contribution in [1.82, 2.24) is 10.6 Å². The molecule has 0 amide bonds.